The molecule has 0 spiro atoms. The Balaban J connectivity index is 2.25. The molecule has 3 nitrogen and oxygen atoms in total. The first-order valence-corrected chi connectivity index (χ1v) is 6.39. The van der Waals surface area contributed by atoms with E-state index in [1.165, 1.54) is 7.11 Å². The molecule has 0 heterocycles. The molecule has 0 aliphatic heterocycles. The zero-order valence-corrected chi connectivity index (χ0v) is 11.8. The van der Waals surface area contributed by atoms with Crippen LogP contribution in [-0.2, 0) is 0 Å². The van der Waals surface area contributed by atoms with E-state index in [1.807, 2.05) is 12.1 Å². The number of amides is 1. The van der Waals surface area contributed by atoms with Crippen molar-refractivity contribution in [3.8, 4) is 5.75 Å². The molecule has 0 aliphatic rings. The van der Waals surface area contributed by atoms with Crippen LogP contribution in [0.2, 0.25) is 5.02 Å². The van der Waals surface area contributed by atoms with E-state index >= 15 is 0 Å². The molecule has 2 aromatic rings. The minimum atomic E-state index is -0.214. The van der Waals surface area contributed by atoms with Crippen LogP contribution in [0.3, 0.4) is 0 Å². The van der Waals surface area contributed by atoms with Crippen LogP contribution in [0, 0.1) is 0 Å². The van der Waals surface area contributed by atoms with Crippen molar-refractivity contribution in [2.24, 2.45) is 0 Å². The fourth-order valence-electron chi connectivity index (χ4n) is 1.77. The number of anilines is 1. The van der Waals surface area contributed by atoms with Crippen LogP contribution in [0.5, 0.6) is 5.75 Å². The summed E-state index contributed by atoms with van der Waals surface area (Å²) in [6.07, 6.45) is 1.69. The Morgan fingerprint density at radius 3 is 2.80 bits per heavy atom. The van der Waals surface area contributed by atoms with Crippen LogP contribution in [0.1, 0.15) is 15.9 Å². The molecule has 1 N–H and O–H groups in total. The first kappa shape index (κ1) is 14.2. The Labute approximate surface area is 122 Å². The minimum absolute atomic E-state index is 0.214. The number of halogens is 1. The third-order valence-electron chi connectivity index (χ3n) is 2.80. The summed E-state index contributed by atoms with van der Waals surface area (Å²) in [4.78, 5) is 12.2. The molecule has 0 saturated carbocycles. The summed E-state index contributed by atoms with van der Waals surface area (Å²) in [5, 5.41) is 3.35. The molecule has 0 aliphatic carbocycles. The van der Waals surface area contributed by atoms with E-state index in [0.717, 1.165) is 5.56 Å². The zero-order chi connectivity index (χ0) is 14.5. The molecule has 1 amide bonds. The number of rotatable bonds is 4. The van der Waals surface area contributed by atoms with Gasteiger partial charge in [0.25, 0.3) is 5.91 Å². The smallest absolute Gasteiger partial charge is 0.255 e. The summed E-state index contributed by atoms with van der Waals surface area (Å²) in [7, 11) is 1.53. The monoisotopic (exact) mass is 287 g/mol. The van der Waals surface area contributed by atoms with Crippen LogP contribution in [0.15, 0.2) is 49.0 Å². The Morgan fingerprint density at radius 1 is 1.30 bits per heavy atom. The van der Waals surface area contributed by atoms with E-state index in [0.29, 0.717) is 22.0 Å². The van der Waals surface area contributed by atoms with Gasteiger partial charge in [-0.3, -0.25) is 4.79 Å². The third-order valence-corrected chi connectivity index (χ3v) is 3.03. The van der Waals surface area contributed by atoms with E-state index in [9.17, 15) is 4.79 Å². The Morgan fingerprint density at radius 2 is 2.10 bits per heavy atom. The van der Waals surface area contributed by atoms with Gasteiger partial charge in [-0.2, -0.15) is 0 Å². The Kier molecular flexibility index (Phi) is 4.43. The molecular formula is C16H14ClNO2. The number of hydrogen-bond acceptors (Lipinski definition) is 2. The van der Waals surface area contributed by atoms with E-state index < -0.39 is 0 Å². The van der Waals surface area contributed by atoms with E-state index in [4.69, 9.17) is 16.3 Å². The Bertz CT molecular complexity index is 653. The standard InChI is InChI=1S/C16H14ClNO2/c1-3-11-5-4-6-12(9-11)16(19)18-14-8-7-13(17)10-15(14)20-2/h3-10H,1H2,2H3,(H,18,19). The number of methoxy groups -OCH3 is 1. The molecule has 0 unspecified atom stereocenters. The average molecular weight is 288 g/mol. The summed E-state index contributed by atoms with van der Waals surface area (Å²) in [6, 6.07) is 12.3. The Hall–Kier alpha value is -2.26. The van der Waals surface area contributed by atoms with Gasteiger partial charge in [0.2, 0.25) is 0 Å². The lowest BCUT2D eigenvalue weighted by atomic mass is 10.1. The summed E-state index contributed by atoms with van der Waals surface area (Å²) in [6.45, 7) is 3.69. The number of ether oxygens (including phenoxy) is 1. The number of carbonyl (C=O) groups excluding carboxylic acids is 1. The van der Waals surface area contributed by atoms with E-state index in [1.54, 1.807) is 36.4 Å². The summed E-state index contributed by atoms with van der Waals surface area (Å²) >= 11 is 5.88. The van der Waals surface area contributed by atoms with Gasteiger partial charge < -0.3 is 10.1 Å². The number of carbonyl (C=O) groups is 1. The topological polar surface area (TPSA) is 38.3 Å². The van der Waals surface area contributed by atoms with Crippen molar-refractivity contribution < 1.29 is 9.53 Å². The molecular weight excluding hydrogens is 274 g/mol. The van der Waals surface area contributed by atoms with Crippen LogP contribution < -0.4 is 10.1 Å². The van der Waals surface area contributed by atoms with Gasteiger partial charge in [0.1, 0.15) is 5.75 Å². The molecule has 0 atom stereocenters. The zero-order valence-electron chi connectivity index (χ0n) is 11.0. The highest BCUT2D eigenvalue weighted by molar-refractivity contribution is 6.30. The first-order chi connectivity index (χ1) is 9.63. The van der Waals surface area contributed by atoms with Crippen molar-refractivity contribution in [1.29, 1.82) is 0 Å². The maximum atomic E-state index is 12.2. The molecule has 0 aromatic heterocycles. The van der Waals surface area contributed by atoms with Crippen molar-refractivity contribution in [3.63, 3.8) is 0 Å². The van der Waals surface area contributed by atoms with Gasteiger partial charge in [-0.15, -0.1) is 0 Å². The predicted molar refractivity (Wildman–Crippen MR) is 82.5 cm³/mol. The summed E-state index contributed by atoms with van der Waals surface area (Å²) < 4.78 is 5.19. The van der Waals surface area contributed by atoms with Crippen molar-refractivity contribution in [1.82, 2.24) is 0 Å². The van der Waals surface area contributed by atoms with E-state index in [2.05, 4.69) is 11.9 Å². The molecule has 4 heteroatoms. The average Bonchev–Trinajstić information content (AvgIpc) is 2.49. The second-order valence-corrected chi connectivity index (χ2v) is 4.56. The lowest BCUT2D eigenvalue weighted by molar-refractivity contribution is 0.102. The summed E-state index contributed by atoms with van der Waals surface area (Å²) in [5.74, 6) is 0.306. The highest BCUT2D eigenvalue weighted by atomic mass is 35.5. The van der Waals surface area contributed by atoms with Gasteiger partial charge in [0.05, 0.1) is 12.8 Å². The number of hydrogen-bond donors (Lipinski definition) is 1. The largest absolute Gasteiger partial charge is 0.495 e. The van der Waals surface area contributed by atoms with Crippen LogP contribution in [-0.4, -0.2) is 13.0 Å². The van der Waals surface area contributed by atoms with Crippen molar-refractivity contribution in [2.45, 2.75) is 0 Å². The second kappa shape index (κ2) is 6.26. The summed E-state index contributed by atoms with van der Waals surface area (Å²) in [5.41, 5.74) is 2.02. The van der Waals surface area contributed by atoms with Gasteiger partial charge in [-0.05, 0) is 29.8 Å². The molecule has 2 aromatic carbocycles. The van der Waals surface area contributed by atoms with Crippen LogP contribution in [0.4, 0.5) is 5.69 Å². The lowest BCUT2D eigenvalue weighted by Gasteiger charge is -2.10. The normalized spacial score (nSPS) is 9.90. The SMILES string of the molecule is C=Cc1cccc(C(=O)Nc2ccc(Cl)cc2OC)c1. The second-order valence-electron chi connectivity index (χ2n) is 4.13. The lowest BCUT2D eigenvalue weighted by Crippen LogP contribution is -2.12. The van der Waals surface area contributed by atoms with Crippen LogP contribution >= 0.6 is 11.6 Å². The maximum absolute atomic E-state index is 12.2. The molecule has 102 valence electrons. The molecule has 20 heavy (non-hydrogen) atoms. The van der Waals surface area contributed by atoms with Gasteiger partial charge >= 0.3 is 0 Å². The number of nitrogens with one attached hydrogen (secondary N) is 1. The fourth-order valence-corrected chi connectivity index (χ4v) is 1.93. The van der Waals surface area contributed by atoms with Gasteiger partial charge in [0.15, 0.2) is 0 Å². The molecule has 0 fully saturated rings. The van der Waals surface area contributed by atoms with Gasteiger partial charge in [-0.25, -0.2) is 0 Å². The van der Waals surface area contributed by atoms with Gasteiger partial charge in [-0.1, -0.05) is 36.4 Å². The number of benzene rings is 2. The molecule has 0 bridgehead atoms. The maximum Gasteiger partial charge on any atom is 0.255 e. The van der Waals surface area contributed by atoms with Crippen molar-refractivity contribution in [2.75, 3.05) is 12.4 Å². The molecule has 0 saturated heterocycles. The molecule has 0 radical (unpaired) electrons. The van der Waals surface area contributed by atoms with E-state index in [-0.39, 0.29) is 5.91 Å². The predicted octanol–water partition coefficient (Wildman–Crippen LogP) is 4.24. The fraction of sp³-hybridized carbons (Fsp3) is 0.0625. The highest BCUT2D eigenvalue weighted by Gasteiger charge is 2.10. The molecule has 2 rings (SSSR count). The minimum Gasteiger partial charge on any atom is -0.495 e. The quantitative estimate of drug-likeness (QED) is 0.913. The first-order valence-electron chi connectivity index (χ1n) is 6.01. The highest BCUT2D eigenvalue weighted by Crippen LogP contribution is 2.28. The van der Waals surface area contributed by atoms with Crippen molar-refractivity contribution >= 4 is 29.3 Å². The van der Waals surface area contributed by atoms with Gasteiger partial charge in [0, 0.05) is 16.7 Å². The third kappa shape index (κ3) is 3.19. The van der Waals surface area contributed by atoms with Crippen molar-refractivity contribution in [3.05, 3.63) is 65.2 Å². The van der Waals surface area contributed by atoms with Crippen LogP contribution in [0.25, 0.3) is 6.08 Å².